The third-order valence-electron chi connectivity index (χ3n) is 24.7. The Morgan fingerprint density at radius 2 is 0.458 bits per heavy atom. The summed E-state index contributed by atoms with van der Waals surface area (Å²) < 4.78 is 9.56. The van der Waals surface area contributed by atoms with Crippen LogP contribution in [0.4, 0.5) is 0 Å². The largest absolute Gasteiger partial charge is 0.309 e. The first-order valence-electron chi connectivity index (χ1n) is 40.9. The first-order chi connectivity index (χ1) is 59.5. The van der Waals surface area contributed by atoms with Crippen LogP contribution in [0.3, 0.4) is 0 Å². The van der Waals surface area contributed by atoms with Crippen LogP contribution >= 0.6 is 0 Å². The highest BCUT2D eigenvalue weighted by Gasteiger charge is 2.27. The van der Waals surface area contributed by atoms with Crippen LogP contribution in [0.5, 0.6) is 0 Å². The minimum absolute atomic E-state index is 0.640. The van der Waals surface area contributed by atoms with E-state index in [0.717, 1.165) is 61.6 Å². The Labute approximate surface area is 688 Å². The summed E-state index contributed by atoms with van der Waals surface area (Å²) >= 11 is 0. The summed E-state index contributed by atoms with van der Waals surface area (Å²) in [5.41, 5.74) is 26.8. The van der Waals surface area contributed by atoms with E-state index in [0.29, 0.717) is 23.4 Å². The van der Waals surface area contributed by atoms with E-state index in [1.807, 2.05) is 72.8 Å². The Kier molecular flexibility index (Phi) is 14.9. The molecule has 26 aromatic rings. The van der Waals surface area contributed by atoms with Crippen molar-refractivity contribution in [2.24, 2.45) is 0 Å². The molecule has 556 valence electrons. The van der Waals surface area contributed by atoms with Gasteiger partial charge in [0.2, 0.25) is 5.95 Å². The van der Waals surface area contributed by atoms with Gasteiger partial charge in [-0.1, -0.05) is 291 Å². The predicted molar refractivity (Wildman–Crippen MR) is 497 cm³/mol. The summed E-state index contributed by atoms with van der Waals surface area (Å²) in [5.74, 6) is 2.60. The van der Waals surface area contributed by atoms with E-state index in [-0.39, 0.29) is 0 Å². The van der Waals surface area contributed by atoms with E-state index in [2.05, 4.69) is 352 Å². The normalized spacial score (nSPS) is 12.0. The monoisotopic (exact) mass is 1530 g/mol. The van der Waals surface area contributed by atoms with Gasteiger partial charge in [-0.25, -0.2) is 24.9 Å². The molecule has 0 saturated carbocycles. The Bertz CT molecular complexity index is 8350. The van der Waals surface area contributed by atoms with Crippen molar-refractivity contribution >= 4 is 130 Å². The van der Waals surface area contributed by atoms with Crippen LogP contribution in [-0.4, -0.2) is 43.2 Å². The summed E-state index contributed by atoms with van der Waals surface area (Å²) in [6.07, 6.45) is 0. The molecule has 0 amide bonds. The Hall–Kier alpha value is -16.2. The lowest BCUT2D eigenvalue weighted by Gasteiger charge is -2.13. The lowest BCUT2D eigenvalue weighted by atomic mass is 9.92. The average molecular weight is 1530 g/mol. The van der Waals surface area contributed by atoms with E-state index >= 15 is 0 Å². The molecule has 0 aliphatic rings. The van der Waals surface area contributed by atoms with Crippen LogP contribution < -0.4 is 0 Å². The fraction of sp³-hybridized carbons (Fsp3) is 0. The van der Waals surface area contributed by atoms with Crippen molar-refractivity contribution in [3.05, 3.63) is 406 Å². The van der Waals surface area contributed by atoms with Gasteiger partial charge in [0.1, 0.15) is 0 Å². The van der Waals surface area contributed by atoms with Crippen molar-refractivity contribution in [1.82, 2.24) is 43.2 Å². The molecule has 6 aromatic heterocycles. The topological polar surface area (TPSA) is 84.2 Å². The zero-order valence-corrected chi connectivity index (χ0v) is 64.7. The summed E-state index contributed by atoms with van der Waals surface area (Å²) in [7, 11) is 0. The molecule has 120 heavy (non-hydrogen) atoms. The fourth-order valence-electron chi connectivity index (χ4n) is 19.4. The number of hydrogen-bond acceptors (Lipinski definition) is 5. The van der Waals surface area contributed by atoms with Gasteiger partial charge in [0, 0.05) is 88.0 Å². The molecule has 26 rings (SSSR count). The molecule has 0 aliphatic carbocycles. The van der Waals surface area contributed by atoms with E-state index in [1.54, 1.807) is 0 Å². The Morgan fingerprint density at radius 3 is 0.883 bits per heavy atom. The quantitative estimate of drug-likeness (QED) is 0.114. The standard InChI is InChI=1S/C56H34N4.C55H33N5/c1-4-12-35(13-5-1)36-24-27-43(28-25-36)59-48-20-10-18-39-22-23-41-32-42(33-51(59)54(41)52(39)48)44-30-31-50-55-45(44)29-26-40-19-11-21-49(53(40)55)60(50)56-57-46(37-14-6-2-7-15-37)34-47(58-56)38-16-8-3-9-17-38;1-4-12-36(13-5-1)53-56-54(37-14-6-2-7-15-37)58-55(57-53)38-24-27-42(28-25-38)59-46-21-11-17-35-26-29-44-43(30-31-47(59)52(44)50(35)46)40-32-39-23-22-34-16-10-20-45-49(34)51(39)48(33-40)60(45)41-18-8-3-9-19-41/h1-34H;1-33H. The third-order valence-corrected chi connectivity index (χ3v) is 24.7. The molecular weight excluding hydrogens is 1460 g/mol. The van der Waals surface area contributed by atoms with Crippen LogP contribution in [-0.2, 0) is 0 Å². The lowest BCUT2D eigenvalue weighted by Crippen LogP contribution is -2.04. The van der Waals surface area contributed by atoms with Gasteiger partial charge < -0.3 is 13.7 Å². The lowest BCUT2D eigenvalue weighted by molar-refractivity contribution is 0.996. The van der Waals surface area contributed by atoms with Crippen molar-refractivity contribution in [3.63, 3.8) is 0 Å². The zero-order chi connectivity index (χ0) is 78.6. The number of rotatable bonds is 12. The average Bonchev–Trinajstić information content (AvgIpc) is 1.56. The minimum atomic E-state index is 0.640. The van der Waals surface area contributed by atoms with Crippen LogP contribution in [0.15, 0.2) is 406 Å². The molecule has 0 unspecified atom stereocenters. The zero-order valence-electron chi connectivity index (χ0n) is 64.7. The van der Waals surface area contributed by atoms with Crippen LogP contribution in [0.25, 0.3) is 243 Å². The van der Waals surface area contributed by atoms with Gasteiger partial charge in [0.05, 0.1) is 55.5 Å². The third kappa shape index (κ3) is 10.5. The molecule has 6 heterocycles. The van der Waals surface area contributed by atoms with Gasteiger partial charge in [-0.2, -0.15) is 0 Å². The SMILES string of the molecule is c1ccc(-c2ccc(-n3c4cccc5ccc6cc(-c7ccc8c9c7ccc7cccc(c79)n8-c7nc(-c8ccccc8)cc(-c8ccccc8)n7)cc3c6c54)cc2)cc1.c1ccc(-c2nc(-c3ccccc3)nc(-c3ccc(-n4c5cccc6ccc7c(-c8cc9ccc%10cccc%11c%10c9c(c8)n%11-c8ccccc8)ccc4c7c65)cc3)n2)cc1. The molecule has 0 spiro atoms. The van der Waals surface area contributed by atoms with Gasteiger partial charge in [-0.3, -0.25) is 4.57 Å². The van der Waals surface area contributed by atoms with Crippen molar-refractivity contribution in [3.8, 4) is 113 Å². The van der Waals surface area contributed by atoms with Crippen molar-refractivity contribution in [2.45, 2.75) is 0 Å². The second kappa shape index (κ2) is 26.7. The van der Waals surface area contributed by atoms with E-state index in [9.17, 15) is 0 Å². The van der Waals surface area contributed by atoms with E-state index in [1.165, 1.54) is 158 Å². The van der Waals surface area contributed by atoms with Gasteiger partial charge in [-0.05, 0) is 192 Å². The highest BCUT2D eigenvalue weighted by molar-refractivity contribution is 6.31. The van der Waals surface area contributed by atoms with Gasteiger partial charge in [0.15, 0.2) is 17.5 Å². The minimum Gasteiger partial charge on any atom is -0.309 e. The number of nitrogens with zero attached hydrogens (tertiary/aromatic N) is 9. The first kappa shape index (κ1) is 67.1. The highest BCUT2D eigenvalue weighted by atomic mass is 15.2. The molecule has 0 N–H and O–H groups in total. The molecular formula is C111H67N9. The van der Waals surface area contributed by atoms with E-state index < -0.39 is 0 Å². The molecule has 9 nitrogen and oxygen atoms in total. The molecule has 20 aromatic carbocycles. The number of benzene rings is 20. The maximum atomic E-state index is 5.30. The van der Waals surface area contributed by atoms with Gasteiger partial charge in [0.25, 0.3) is 0 Å². The van der Waals surface area contributed by atoms with Gasteiger partial charge >= 0.3 is 0 Å². The first-order valence-corrected chi connectivity index (χ1v) is 40.9. The molecule has 0 atom stereocenters. The Balaban J connectivity index is 0.000000133. The summed E-state index contributed by atoms with van der Waals surface area (Å²) in [6.45, 7) is 0. The molecule has 0 saturated heterocycles. The van der Waals surface area contributed by atoms with Crippen molar-refractivity contribution in [2.75, 3.05) is 0 Å². The fourth-order valence-corrected chi connectivity index (χ4v) is 19.4. The Morgan fingerprint density at radius 1 is 0.158 bits per heavy atom. The van der Waals surface area contributed by atoms with E-state index in [4.69, 9.17) is 24.9 Å². The summed E-state index contributed by atoms with van der Waals surface area (Å²) in [4.78, 5) is 25.5. The van der Waals surface area contributed by atoms with Crippen LogP contribution in [0.1, 0.15) is 0 Å². The molecule has 0 fully saturated rings. The highest BCUT2D eigenvalue weighted by Crippen LogP contribution is 2.50. The van der Waals surface area contributed by atoms with Crippen LogP contribution in [0, 0.1) is 0 Å². The molecule has 0 radical (unpaired) electrons. The smallest absolute Gasteiger partial charge is 0.235 e. The predicted octanol–water partition coefficient (Wildman–Crippen LogP) is 28.4. The van der Waals surface area contributed by atoms with Gasteiger partial charge in [-0.15, -0.1) is 0 Å². The number of aromatic nitrogens is 9. The maximum absolute atomic E-state index is 5.30. The number of para-hydroxylation sites is 1. The number of hydrogen-bond donors (Lipinski definition) is 0. The second-order valence-corrected chi connectivity index (χ2v) is 31.4. The molecule has 9 heteroatoms. The van der Waals surface area contributed by atoms with Crippen LogP contribution in [0.2, 0.25) is 0 Å². The summed E-state index contributed by atoms with van der Waals surface area (Å²) in [6, 6.07) is 146. The van der Waals surface area contributed by atoms with Crippen molar-refractivity contribution < 1.29 is 0 Å². The van der Waals surface area contributed by atoms with Crippen molar-refractivity contribution in [1.29, 1.82) is 0 Å². The summed E-state index contributed by atoms with van der Waals surface area (Å²) in [5, 5.41) is 20.1. The second-order valence-electron chi connectivity index (χ2n) is 31.4. The molecule has 0 bridgehead atoms. The maximum Gasteiger partial charge on any atom is 0.235 e. The molecule has 0 aliphatic heterocycles.